The van der Waals surface area contributed by atoms with E-state index in [0.29, 0.717) is 48.7 Å². The maximum atomic E-state index is 11.2. The van der Waals surface area contributed by atoms with E-state index in [-0.39, 0.29) is 11.9 Å². The maximum Gasteiger partial charge on any atom is 0.333 e. The molecule has 0 amide bonds. The van der Waals surface area contributed by atoms with E-state index in [0.717, 1.165) is 25.7 Å². The molecular weight excluding hydrogens is 320 g/mol. The first-order valence-electron chi connectivity index (χ1n) is 8.42. The quantitative estimate of drug-likeness (QED) is 0.198. The van der Waals surface area contributed by atoms with Crippen LogP contribution in [0, 0.1) is 0 Å². The molecule has 0 spiro atoms. The van der Waals surface area contributed by atoms with Gasteiger partial charge in [-0.25, -0.2) is 9.59 Å². The highest BCUT2D eigenvalue weighted by Gasteiger charge is 2.05. The summed E-state index contributed by atoms with van der Waals surface area (Å²) in [5.74, 6) is 0.560. The Morgan fingerprint density at radius 1 is 0.680 bits per heavy atom. The molecule has 0 aromatic carbocycles. The van der Waals surface area contributed by atoms with Gasteiger partial charge in [-0.15, -0.1) is 0 Å². The van der Waals surface area contributed by atoms with E-state index in [2.05, 4.69) is 26.3 Å². The fourth-order valence-electron chi connectivity index (χ4n) is 1.73. The Morgan fingerprint density at radius 2 is 1.04 bits per heavy atom. The van der Waals surface area contributed by atoms with Crippen LogP contribution in [-0.2, 0) is 23.8 Å². The summed E-state index contributed by atoms with van der Waals surface area (Å²) in [5.41, 5.74) is 0.803. The average Bonchev–Trinajstić information content (AvgIpc) is 2.53. The summed E-state index contributed by atoms with van der Waals surface area (Å²) in [5, 5.41) is 0. The minimum Gasteiger partial charge on any atom is -0.467 e. The Hall–Kier alpha value is -2.30. The van der Waals surface area contributed by atoms with Gasteiger partial charge in [0, 0.05) is 24.0 Å². The molecule has 0 aliphatic rings. The molecule has 140 valence electrons. The van der Waals surface area contributed by atoms with Crippen molar-refractivity contribution in [2.75, 3.05) is 13.2 Å². The van der Waals surface area contributed by atoms with Crippen LogP contribution >= 0.6 is 0 Å². The largest absolute Gasteiger partial charge is 0.467 e. The number of hydrogen-bond acceptors (Lipinski definition) is 5. The Bertz CT molecular complexity index is 470. The maximum absolute atomic E-state index is 11.2. The monoisotopic (exact) mass is 350 g/mol. The van der Waals surface area contributed by atoms with Crippen LogP contribution in [0.15, 0.2) is 49.0 Å². The number of ether oxygens (including phenoxy) is 3. The number of rotatable bonds is 14. The molecule has 0 N–H and O–H groups in total. The highest BCUT2D eigenvalue weighted by molar-refractivity contribution is 5.87. The fourth-order valence-corrected chi connectivity index (χ4v) is 1.73. The van der Waals surface area contributed by atoms with Crippen LogP contribution in [0.4, 0.5) is 0 Å². The third-order valence-corrected chi connectivity index (χ3v) is 3.15. The van der Waals surface area contributed by atoms with Gasteiger partial charge in [-0.05, 0) is 39.5 Å². The molecular formula is C20H30O5. The Balaban J connectivity index is 3.64. The first kappa shape index (κ1) is 22.7. The Kier molecular flexibility index (Phi) is 11.8. The van der Waals surface area contributed by atoms with E-state index in [4.69, 9.17) is 14.2 Å². The molecule has 0 saturated heterocycles. The van der Waals surface area contributed by atoms with Crippen molar-refractivity contribution in [3.63, 3.8) is 0 Å². The standard InChI is InChI=1S/C20H30O5/c1-15(2)19(21)23-13-9-7-11-17(5)25-18(6)12-8-10-14-24-20(22)16(3)4/h1,3,5-14H2,2,4H3. The van der Waals surface area contributed by atoms with Crippen LogP contribution < -0.4 is 0 Å². The van der Waals surface area contributed by atoms with E-state index >= 15 is 0 Å². The van der Waals surface area contributed by atoms with Crippen LogP contribution in [0.5, 0.6) is 0 Å². The minimum absolute atomic E-state index is 0.364. The molecule has 0 bridgehead atoms. The molecule has 5 heteroatoms. The van der Waals surface area contributed by atoms with Crippen LogP contribution in [0.3, 0.4) is 0 Å². The summed E-state index contributed by atoms with van der Waals surface area (Å²) >= 11 is 0. The molecule has 0 radical (unpaired) electrons. The molecule has 0 saturated carbocycles. The van der Waals surface area contributed by atoms with Gasteiger partial charge in [0.25, 0.3) is 0 Å². The molecule has 0 unspecified atom stereocenters. The van der Waals surface area contributed by atoms with E-state index in [1.807, 2.05) is 0 Å². The topological polar surface area (TPSA) is 61.8 Å². The van der Waals surface area contributed by atoms with Gasteiger partial charge in [0.1, 0.15) is 0 Å². The zero-order valence-electron chi connectivity index (χ0n) is 15.5. The van der Waals surface area contributed by atoms with Crippen molar-refractivity contribution in [1.29, 1.82) is 0 Å². The number of unbranched alkanes of at least 4 members (excludes halogenated alkanes) is 2. The van der Waals surface area contributed by atoms with Gasteiger partial charge >= 0.3 is 11.9 Å². The highest BCUT2D eigenvalue weighted by Crippen LogP contribution is 2.15. The summed E-state index contributed by atoms with van der Waals surface area (Å²) in [6.45, 7) is 18.7. The van der Waals surface area contributed by atoms with Gasteiger partial charge in [-0.2, -0.15) is 0 Å². The number of esters is 2. The van der Waals surface area contributed by atoms with Crippen LogP contribution in [0.1, 0.15) is 52.4 Å². The molecule has 5 nitrogen and oxygen atoms in total. The van der Waals surface area contributed by atoms with Gasteiger partial charge in [0.2, 0.25) is 0 Å². The van der Waals surface area contributed by atoms with Crippen LogP contribution in [-0.4, -0.2) is 25.2 Å². The second kappa shape index (κ2) is 13.0. The second-order valence-corrected chi connectivity index (χ2v) is 5.93. The Labute approximate surface area is 151 Å². The van der Waals surface area contributed by atoms with Crippen molar-refractivity contribution in [3.8, 4) is 0 Å². The summed E-state index contributed by atoms with van der Waals surface area (Å²) in [4.78, 5) is 22.4. The van der Waals surface area contributed by atoms with Crippen molar-refractivity contribution >= 4 is 11.9 Å². The van der Waals surface area contributed by atoms with Crippen molar-refractivity contribution in [2.24, 2.45) is 0 Å². The minimum atomic E-state index is -0.364. The zero-order chi connectivity index (χ0) is 19.2. The van der Waals surface area contributed by atoms with E-state index in [1.54, 1.807) is 13.8 Å². The average molecular weight is 350 g/mol. The lowest BCUT2D eigenvalue weighted by Crippen LogP contribution is -2.06. The van der Waals surface area contributed by atoms with Crippen LogP contribution in [0.2, 0.25) is 0 Å². The number of carbonyl (C=O) groups excluding carboxylic acids is 2. The van der Waals surface area contributed by atoms with Crippen molar-refractivity contribution in [1.82, 2.24) is 0 Å². The van der Waals surface area contributed by atoms with Crippen LogP contribution in [0.25, 0.3) is 0 Å². The van der Waals surface area contributed by atoms with Gasteiger partial charge in [-0.1, -0.05) is 26.3 Å². The molecule has 0 heterocycles. The lowest BCUT2D eigenvalue weighted by Gasteiger charge is -2.11. The molecule has 25 heavy (non-hydrogen) atoms. The summed E-state index contributed by atoms with van der Waals surface area (Å²) in [7, 11) is 0. The first-order chi connectivity index (χ1) is 11.7. The molecule has 0 aliphatic carbocycles. The number of hydrogen-bond donors (Lipinski definition) is 0. The summed E-state index contributed by atoms with van der Waals surface area (Å²) < 4.78 is 15.6. The predicted molar refractivity (Wildman–Crippen MR) is 98.6 cm³/mol. The summed E-state index contributed by atoms with van der Waals surface area (Å²) in [6, 6.07) is 0. The second-order valence-electron chi connectivity index (χ2n) is 5.93. The third-order valence-electron chi connectivity index (χ3n) is 3.15. The van der Waals surface area contributed by atoms with Crippen molar-refractivity contribution in [3.05, 3.63) is 49.0 Å². The fraction of sp³-hybridized carbons (Fsp3) is 0.500. The molecule has 0 aromatic heterocycles. The Morgan fingerprint density at radius 3 is 1.36 bits per heavy atom. The predicted octanol–water partition coefficient (Wildman–Crippen LogP) is 4.61. The summed E-state index contributed by atoms with van der Waals surface area (Å²) in [6.07, 6.45) is 4.46. The first-order valence-corrected chi connectivity index (χ1v) is 8.42. The smallest absolute Gasteiger partial charge is 0.333 e. The van der Waals surface area contributed by atoms with Gasteiger partial charge < -0.3 is 14.2 Å². The van der Waals surface area contributed by atoms with Gasteiger partial charge in [-0.3, -0.25) is 0 Å². The highest BCUT2D eigenvalue weighted by atomic mass is 16.5. The normalized spacial score (nSPS) is 9.84. The SMILES string of the molecule is C=C(CCCCOC(=O)C(=C)C)OC(=C)CCCCOC(=O)C(=C)C. The molecule has 0 fully saturated rings. The molecule has 0 aliphatic heterocycles. The van der Waals surface area contributed by atoms with E-state index in [9.17, 15) is 9.59 Å². The van der Waals surface area contributed by atoms with Crippen molar-refractivity contribution < 1.29 is 23.8 Å². The molecule has 0 aromatic rings. The lowest BCUT2D eigenvalue weighted by atomic mass is 10.2. The van der Waals surface area contributed by atoms with E-state index in [1.165, 1.54) is 0 Å². The van der Waals surface area contributed by atoms with E-state index < -0.39 is 0 Å². The van der Waals surface area contributed by atoms with Crippen molar-refractivity contribution in [2.45, 2.75) is 52.4 Å². The molecule has 0 rings (SSSR count). The zero-order valence-corrected chi connectivity index (χ0v) is 15.5. The van der Waals surface area contributed by atoms with Gasteiger partial charge in [0.15, 0.2) is 0 Å². The third kappa shape index (κ3) is 12.8. The molecule has 0 atom stereocenters. The lowest BCUT2D eigenvalue weighted by molar-refractivity contribution is -0.139. The number of allylic oxidation sites excluding steroid dienone is 2. The number of carbonyl (C=O) groups is 2. The van der Waals surface area contributed by atoms with Gasteiger partial charge in [0.05, 0.1) is 24.7 Å².